The van der Waals surface area contributed by atoms with Gasteiger partial charge >= 0.3 is 5.97 Å². The van der Waals surface area contributed by atoms with Crippen molar-refractivity contribution < 1.29 is 9.53 Å². The van der Waals surface area contributed by atoms with E-state index in [0.29, 0.717) is 6.42 Å². The molecule has 4 nitrogen and oxygen atoms in total. The van der Waals surface area contributed by atoms with Gasteiger partial charge in [0.25, 0.3) is 5.56 Å². The number of ether oxygens (including phenoxy) is 1. The molecule has 0 amide bonds. The Kier molecular flexibility index (Phi) is 2.00. The van der Waals surface area contributed by atoms with Gasteiger partial charge in [-0.1, -0.05) is 6.92 Å². The molecule has 1 atom stereocenters. The largest absolute Gasteiger partial charge is 0.451 e. The van der Waals surface area contributed by atoms with Crippen LogP contribution in [-0.2, 0) is 10.3 Å². The van der Waals surface area contributed by atoms with Crippen LogP contribution in [0.3, 0.4) is 0 Å². The van der Waals surface area contributed by atoms with E-state index in [1.54, 1.807) is 10.8 Å². The third kappa shape index (κ3) is 1.36. The summed E-state index contributed by atoms with van der Waals surface area (Å²) in [4.78, 5) is 24.0. The predicted molar refractivity (Wildman–Crippen MR) is 62.0 cm³/mol. The van der Waals surface area contributed by atoms with Crippen LogP contribution in [0.15, 0.2) is 17.1 Å². The summed E-state index contributed by atoms with van der Waals surface area (Å²) in [5, 5.41) is 0. The second kappa shape index (κ2) is 3.22. The second-order valence-electron chi connectivity index (χ2n) is 5.02. The maximum Gasteiger partial charge on any atom is 0.345 e. The fourth-order valence-corrected chi connectivity index (χ4v) is 2.40. The summed E-state index contributed by atoms with van der Waals surface area (Å²) < 4.78 is 7.02. The molecule has 2 heterocycles. The number of nitrogens with zero attached hydrogens (tertiary/aromatic N) is 1. The number of aromatic nitrogens is 1. The first kappa shape index (κ1) is 10.6. The van der Waals surface area contributed by atoms with E-state index in [1.807, 2.05) is 19.9 Å². The molecule has 1 saturated carbocycles. The van der Waals surface area contributed by atoms with Crippen LogP contribution in [-0.4, -0.2) is 10.5 Å². The fraction of sp³-hybridized carbons (Fsp3) is 0.538. The monoisotopic (exact) mass is 233 g/mol. The summed E-state index contributed by atoms with van der Waals surface area (Å²) >= 11 is 0. The van der Waals surface area contributed by atoms with Crippen molar-refractivity contribution in [1.82, 2.24) is 4.57 Å². The number of esters is 1. The zero-order valence-corrected chi connectivity index (χ0v) is 10.0. The van der Waals surface area contributed by atoms with E-state index in [4.69, 9.17) is 4.74 Å². The van der Waals surface area contributed by atoms with Crippen molar-refractivity contribution in [3.05, 3.63) is 33.7 Å². The Bertz CT molecular complexity index is 556. The lowest BCUT2D eigenvalue weighted by Crippen LogP contribution is -2.25. The van der Waals surface area contributed by atoms with Gasteiger partial charge in [-0.2, -0.15) is 0 Å². The standard InChI is InChI=1S/C13H15NO3/c1-3-13(2)9-6-7-14(8-4-5-8)11(15)10(9)12(16)17-13/h6-8H,3-5H2,1-2H3. The molecule has 0 radical (unpaired) electrons. The summed E-state index contributed by atoms with van der Waals surface area (Å²) in [7, 11) is 0. The lowest BCUT2D eigenvalue weighted by molar-refractivity contribution is -0.000806. The molecule has 3 rings (SSSR count). The van der Waals surface area contributed by atoms with Crippen LogP contribution in [0.1, 0.15) is 55.1 Å². The number of carbonyl (C=O) groups is 1. The van der Waals surface area contributed by atoms with Crippen molar-refractivity contribution >= 4 is 5.97 Å². The summed E-state index contributed by atoms with van der Waals surface area (Å²) in [5.74, 6) is -0.468. The highest BCUT2D eigenvalue weighted by Crippen LogP contribution is 2.39. The molecule has 0 bridgehead atoms. The van der Waals surface area contributed by atoms with Crippen LogP contribution in [0.25, 0.3) is 0 Å². The van der Waals surface area contributed by atoms with Gasteiger partial charge in [0.2, 0.25) is 0 Å². The van der Waals surface area contributed by atoms with Crippen molar-refractivity contribution in [2.45, 2.75) is 44.8 Å². The second-order valence-corrected chi connectivity index (χ2v) is 5.02. The zero-order chi connectivity index (χ0) is 12.2. The van der Waals surface area contributed by atoms with Gasteiger partial charge in [-0.3, -0.25) is 4.79 Å². The molecule has 0 spiro atoms. The minimum absolute atomic E-state index is 0.188. The van der Waals surface area contributed by atoms with Crippen molar-refractivity contribution in [3.63, 3.8) is 0 Å². The Morgan fingerprint density at radius 3 is 2.76 bits per heavy atom. The van der Waals surface area contributed by atoms with Gasteiger partial charge in [0, 0.05) is 17.8 Å². The van der Waals surface area contributed by atoms with E-state index in [0.717, 1.165) is 18.4 Å². The first-order valence-electron chi connectivity index (χ1n) is 6.06. The third-order valence-corrected chi connectivity index (χ3v) is 3.83. The SMILES string of the molecule is CCC1(C)OC(=O)c2c1ccn(C1CC1)c2=O. The summed E-state index contributed by atoms with van der Waals surface area (Å²) in [6.07, 6.45) is 4.53. The molecule has 0 aromatic carbocycles. The van der Waals surface area contributed by atoms with Gasteiger partial charge in [0.15, 0.2) is 0 Å². The van der Waals surface area contributed by atoms with Gasteiger partial charge < -0.3 is 9.30 Å². The van der Waals surface area contributed by atoms with E-state index in [2.05, 4.69) is 0 Å². The Hall–Kier alpha value is -1.58. The number of hydrogen-bond donors (Lipinski definition) is 0. The average Bonchev–Trinajstić information content (AvgIpc) is 3.08. The number of fused-ring (bicyclic) bond motifs is 1. The average molecular weight is 233 g/mol. The minimum atomic E-state index is -0.631. The molecule has 4 heteroatoms. The van der Waals surface area contributed by atoms with Gasteiger partial charge in [-0.15, -0.1) is 0 Å². The smallest absolute Gasteiger partial charge is 0.345 e. The molecule has 1 aromatic rings. The Labute approximate surface area is 99.2 Å². The lowest BCUT2D eigenvalue weighted by Gasteiger charge is -2.21. The van der Waals surface area contributed by atoms with Crippen molar-refractivity contribution in [3.8, 4) is 0 Å². The highest BCUT2D eigenvalue weighted by Gasteiger charge is 2.43. The molecule has 2 aliphatic rings. The molecule has 0 saturated heterocycles. The van der Waals surface area contributed by atoms with E-state index in [9.17, 15) is 9.59 Å². The predicted octanol–water partition coefficient (Wildman–Crippen LogP) is 1.98. The molecule has 1 unspecified atom stereocenters. The lowest BCUT2D eigenvalue weighted by atomic mass is 9.93. The Morgan fingerprint density at radius 1 is 1.47 bits per heavy atom. The molecule has 1 fully saturated rings. The molecule has 1 aliphatic carbocycles. The maximum absolute atomic E-state index is 12.2. The zero-order valence-electron chi connectivity index (χ0n) is 10.0. The van der Waals surface area contributed by atoms with Crippen LogP contribution < -0.4 is 5.56 Å². The summed E-state index contributed by atoms with van der Waals surface area (Å²) in [5.41, 5.74) is 0.164. The quantitative estimate of drug-likeness (QED) is 0.734. The van der Waals surface area contributed by atoms with Crippen LogP contribution in [0, 0.1) is 0 Å². The van der Waals surface area contributed by atoms with E-state index in [1.165, 1.54) is 0 Å². The van der Waals surface area contributed by atoms with Crippen LogP contribution in [0.4, 0.5) is 0 Å². The molecular weight excluding hydrogens is 218 g/mol. The highest BCUT2D eigenvalue weighted by atomic mass is 16.6. The van der Waals surface area contributed by atoms with E-state index in [-0.39, 0.29) is 17.2 Å². The first-order valence-corrected chi connectivity index (χ1v) is 6.06. The van der Waals surface area contributed by atoms with E-state index >= 15 is 0 Å². The molecular formula is C13H15NO3. The molecule has 1 aromatic heterocycles. The highest BCUT2D eigenvalue weighted by molar-refractivity contribution is 5.94. The van der Waals surface area contributed by atoms with Crippen LogP contribution >= 0.6 is 0 Å². The summed E-state index contributed by atoms with van der Waals surface area (Å²) in [6.45, 7) is 3.81. The fourth-order valence-electron chi connectivity index (χ4n) is 2.40. The molecule has 17 heavy (non-hydrogen) atoms. The van der Waals surface area contributed by atoms with Crippen LogP contribution in [0.2, 0.25) is 0 Å². The number of carbonyl (C=O) groups excluding carboxylic acids is 1. The Balaban J connectivity index is 2.22. The van der Waals surface area contributed by atoms with E-state index < -0.39 is 11.6 Å². The molecule has 0 N–H and O–H groups in total. The van der Waals surface area contributed by atoms with Crippen molar-refractivity contribution in [2.75, 3.05) is 0 Å². The van der Waals surface area contributed by atoms with Gasteiger partial charge in [0.05, 0.1) is 0 Å². The normalized spacial score (nSPS) is 26.8. The van der Waals surface area contributed by atoms with Crippen LogP contribution in [0.5, 0.6) is 0 Å². The maximum atomic E-state index is 12.2. The topological polar surface area (TPSA) is 48.3 Å². The number of cyclic esters (lactones) is 1. The van der Waals surface area contributed by atoms with Gasteiger partial charge in [-0.05, 0) is 32.3 Å². The summed E-state index contributed by atoms with van der Waals surface area (Å²) in [6, 6.07) is 2.15. The van der Waals surface area contributed by atoms with Crippen molar-refractivity contribution in [1.29, 1.82) is 0 Å². The van der Waals surface area contributed by atoms with Gasteiger partial charge in [0.1, 0.15) is 11.2 Å². The third-order valence-electron chi connectivity index (χ3n) is 3.83. The number of pyridine rings is 1. The minimum Gasteiger partial charge on any atom is -0.451 e. The van der Waals surface area contributed by atoms with Crippen molar-refractivity contribution in [2.24, 2.45) is 0 Å². The first-order chi connectivity index (χ1) is 8.07. The number of hydrogen-bond acceptors (Lipinski definition) is 3. The molecule has 1 aliphatic heterocycles. The van der Waals surface area contributed by atoms with Gasteiger partial charge in [-0.25, -0.2) is 4.79 Å². The molecule has 90 valence electrons. The Morgan fingerprint density at radius 2 is 2.18 bits per heavy atom. The number of rotatable bonds is 2.